The summed E-state index contributed by atoms with van der Waals surface area (Å²) < 4.78 is 0. The second-order valence-corrected chi connectivity index (χ2v) is 4.27. The Morgan fingerprint density at radius 1 is 0.875 bits per heavy atom. The van der Waals surface area contributed by atoms with E-state index in [9.17, 15) is 0 Å². The van der Waals surface area contributed by atoms with Gasteiger partial charge in [0.1, 0.15) is 0 Å². The number of hydrogen-bond acceptors (Lipinski definition) is 3. The summed E-state index contributed by atoms with van der Waals surface area (Å²) in [5.74, 6) is 0. The summed E-state index contributed by atoms with van der Waals surface area (Å²) in [4.78, 5) is 2.46. The molecule has 0 aliphatic carbocycles. The molecule has 0 radical (unpaired) electrons. The van der Waals surface area contributed by atoms with Crippen molar-refractivity contribution in [2.45, 2.75) is 46.0 Å². The predicted octanol–water partition coefficient (Wildman–Crippen LogP) is 1.86. The van der Waals surface area contributed by atoms with E-state index in [0.717, 1.165) is 39.0 Å². The lowest BCUT2D eigenvalue weighted by atomic mass is 10.2. The van der Waals surface area contributed by atoms with Gasteiger partial charge >= 0.3 is 0 Å². The molecular weight excluding hydrogens is 200 g/mol. The Kier molecular flexibility index (Phi) is 12.9. The predicted molar refractivity (Wildman–Crippen MR) is 70.8 cm³/mol. The fraction of sp³-hybridized carbons (Fsp3) is 1.00. The zero-order chi connectivity index (χ0) is 12.1. The molecule has 0 aromatic rings. The zero-order valence-electron chi connectivity index (χ0n) is 11.2. The lowest BCUT2D eigenvalue weighted by Crippen LogP contribution is -2.27. The molecule has 0 bridgehead atoms. The second kappa shape index (κ2) is 12.9. The number of hydrogen-bond donors (Lipinski definition) is 2. The zero-order valence-corrected chi connectivity index (χ0v) is 11.2. The molecule has 0 aromatic heterocycles. The van der Waals surface area contributed by atoms with E-state index in [0.29, 0.717) is 6.61 Å². The molecule has 3 heteroatoms. The van der Waals surface area contributed by atoms with Crippen molar-refractivity contribution in [2.24, 2.45) is 0 Å². The van der Waals surface area contributed by atoms with Crippen LogP contribution < -0.4 is 5.32 Å². The molecule has 0 aliphatic heterocycles. The van der Waals surface area contributed by atoms with Crippen molar-refractivity contribution in [3.05, 3.63) is 0 Å². The van der Waals surface area contributed by atoms with Gasteiger partial charge in [0.25, 0.3) is 0 Å². The van der Waals surface area contributed by atoms with Crippen LogP contribution in [0.25, 0.3) is 0 Å². The molecule has 0 rings (SSSR count). The minimum atomic E-state index is 0.345. The van der Waals surface area contributed by atoms with Crippen LogP contribution >= 0.6 is 0 Å². The maximum Gasteiger partial charge on any atom is 0.0431 e. The SMILES string of the molecule is CCN(CC)CCCNCCCCCCO. The lowest BCUT2D eigenvalue weighted by molar-refractivity contribution is 0.282. The van der Waals surface area contributed by atoms with Crippen LogP contribution in [-0.2, 0) is 0 Å². The maximum absolute atomic E-state index is 8.62. The first-order valence-electron chi connectivity index (χ1n) is 6.89. The van der Waals surface area contributed by atoms with Gasteiger partial charge in [-0.2, -0.15) is 0 Å². The van der Waals surface area contributed by atoms with Crippen LogP contribution in [0.15, 0.2) is 0 Å². The molecule has 3 nitrogen and oxygen atoms in total. The summed E-state index contributed by atoms with van der Waals surface area (Å²) in [6.45, 7) is 10.6. The number of aliphatic hydroxyl groups excluding tert-OH is 1. The second-order valence-electron chi connectivity index (χ2n) is 4.27. The molecule has 0 saturated carbocycles. The fourth-order valence-corrected chi connectivity index (χ4v) is 1.81. The van der Waals surface area contributed by atoms with E-state index >= 15 is 0 Å². The monoisotopic (exact) mass is 230 g/mol. The minimum absolute atomic E-state index is 0.345. The number of rotatable bonds is 12. The van der Waals surface area contributed by atoms with E-state index in [2.05, 4.69) is 24.1 Å². The standard InChI is InChI=1S/C13H30N2O/c1-3-15(4-2)12-9-11-14-10-7-5-6-8-13-16/h14,16H,3-13H2,1-2H3. The van der Waals surface area contributed by atoms with Crippen LogP contribution in [0.2, 0.25) is 0 Å². The van der Waals surface area contributed by atoms with Gasteiger partial charge in [-0.1, -0.05) is 26.7 Å². The van der Waals surface area contributed by atoms with Crippen LogP contribution in [0.1, 0.15) is 46.0 Å². The Hall–Kier alpha value is -0.120. The molecule has 2 N–H and O–H groups in total. The van der Waals surface area contributed by atoms with Gasteiger partial charge < -0.3 is 15.3 Å². The van der Waals surface area contributed by atoms with Crippen molar-refractivity contribution in [1.82, 2.24) is 10.2 Å². The quantitative estimate of drug-likeness (QED) is 0.502. The smallest absolute Gasteiger partial charge is 0.0431 e. The highest BCUT2D eigenvalue weighted by Gasteiger charge is 1.97. The molecule has 0 saturated heterocycles. The molecule has 0 fully saturated rings. The van der Waals surface area contributed by atoms with Crippen molar-refractivity contribution in [3.8, 4) is 0 Å². The molecule has 98 valence electrons. The highest BCUT2D eigenvalue weighted by atomic mass is 16.2. The molecule has 0 amide bonds. The van der Waals surface area contributed by atoms with Crippen LogP contribution in [0.4, 0.5) is 0 Å². The summed E-state index contributed by atoms with van der Waals surface area (Å²) in [7, 11) is 0. The van der Waals surface area contributed by atoms with Gasteiger partial charge in [0.05, 0.1) is 0 Å². The number of nitrogens with zero attached hydrogens (tertiary/aromatic N) is 1. The van der Waals surface area contributed by atoms with Crippen LogP contribution in [-0.4, -0.2) is 49.3 Å². The van der Waals surface area contributed by atoms with Crippen molar-refractivity contribution < 1.29 is 5.11 Å². The summed E-state index contributed by atoms with van der Waals surface area (Å²) in [6.07, 6.45) is 5.85. The summed E-state index contributed by atoms with van der Waals surface area (Å²) in [5, 5.41) is 12.1. The summed E-state index contributed by atoms with van der Waals surface area (Å²) >= 11 is 0. The molecule has 0 heterocycles. The molecule has 16 heavy (non-hydrogen) atoms. The molecule has 0 spiro atoms. The molecule has 0 aliphatic rings. The van der Waals surface area contributed by atoms with Crippen LogP contribution in [0.5, 0.6) is 0 Å². The Balaban J connectivity index is 3.03. The molecule has 0 aromatic carbocycles. The van der Waals surface area contributed by atoms with Gasteiger partial charge in [0.2, 0.25) is 0 Å². The van der Waals surface area contributed by atoms with Crippen LogP contribution in [0, 0.1) is 0 Å². The average Bonchev–Trinajstić information content (AvgIpc) is 2.32. The molecule has 0 unspecified atom stereocenters. The van der Waals surface area contributed by atoms with Gasteiger partial charge in [0.15, 0.2) is 0 Å². The minimum Gasteiger partial charge on any atom is -0.396 e. The fourth-order valence-electron chi connectivity index (χ4n) is 1.81. The van der Waals surface area contributed by atoms with E-state index in [1.54, 1.807) is 0 Å². The molecular formula is C13H30N2O. The summed E-state index contributed by atoms with van der Waals surface area (Å²) in [6, 6.07) is 0. The number of unbranched alkanes of at least 4 members (excludes halogenated alkanes) is 3. The third-order valence-electron chi connectivity index (χ3n) is 2.98. The van der Waals surface area contributed by atoms with E-state index in [-0.39, 0.29) is 0 Å². The third kappa shape index (κ3) is 10.4. The lowest BCUT2D eigenvalue weighted by Gasteiger charge is -2.17. The van der Waals surface area contributed by atoms with Crippen molar-refractivity contribution in [2.75, 3.05) is 39.3 Å². The summed E-state index contributed by atoms with van der Waals surface area (Å²) in [5.41, 5.74) is 0. The van der Waals surface area contributed by atoms with Crippen molar-refractivity contribution in [3.63, 3.8) is 0 Å². The molecule has 0 atom stereocenters. The Morgan fingerprint density at radius 2 is 1.50 bits per heavy atom. The maximum atomic E-state index is 8.62. The van der Waals surface area contributed by atoms with Gasteiger partial charge in [0, 0.05) is 6.61 Å². The van der Waals surface area contributed by atoms with E-state index in [4.69, 9.17) is 5.11 Å². The highest BCUT2D eigenvalue weighted by Crippen LogP contribution is 1.97. The third-order valence-corrected chi connectivity index (χ3v) is 2.98. The van der Waals surface area contributed by atoms with Gasteiger partial charge in [-0.25, -0.2) is 0 Å². The Labute approximate surface area is 101 Å². The van der Waals surface area contributed by atoms with Crippen molar-refractivity contribution in [1.29, 1.82) is 0 Å². The van der Waals surface area contributed by atoms with Crippen LogP contribution in [0.3, 0.4) is 0 Å². The van der Waals surface area contributed by atoms with Gasteiger partial charge in [-0.3, -0.25) is 0 Å². The van der Waals surface area contributed by atoms with Crippen molar-refractivity contribution >= 4 is 0 Å². The first-order chi connectivity index (χ1) is 7.85. The number of nitrogens with one attached hydrogen (secondary N) is 1. The average molecular weight is 230 g/mol. The highest BCUT2D eigenvalue weighted by molar-refractivity contribution is 4.55. The Morgan fingerprint density at radius 3 is 2.12 bits per heavy atom. The topological polar surface area (TPSA) is 35.5 Å². The largest absolute Gasteiger partial charge is 0.396 e. The normalized spacial score (nSPS) is 11.2. The van der Waals surface area contributed by atoms with E-state index in [1.165, 1.54) is 25.8 Å². The van der Waals surface area contributed by atoms with E-state index < -0.39 is 0 Å². The van der Waals surface area contributed by atoms with E-state index in [1.807, 2.05) is 0 Å². The van der Waals surface area contributed by atoms with Gasteiger partial charge in [-0.05, 0) is 52.0 Å². The number of aliphatic hydroxyl groups is 1. The first kappa shape index (κ1) is 15.9. The van der Waals surface area contributed by atoms with Gasteiger partial charge in [-0.15, -0.1) is 0 Å². The first-order valence-corrected chi connectivity index (χ1v) is 6.89. The Bertz CT molecular complexity index is 127.